The summed E-state index contributed by atoms with van der Waals surface area (Å²) in [5, 5.41) is 0. The largest absolute Gasteiger partial charge is 0.494 e. The van der Waals surface area contributed by atoms with Gasteiger partial charge in [0.2, 0.25) is 0 Å². The summed E-state index contributed by atoms with van der Waals surface area (Å²) in [6, 6.07) is 33.0. The second-order valence-electron chi connectivity index (χ2n) is 51.7. The van der Waals surface area contributed by atoms with Crippen LogP contribution >= 0.6 is 0 Å². The molecule has 0 spiro atoms. The van der Waals surface area contributed by atoms with Crippen molar-refractivity contribution >= 4 is 0 Å². The molecule has 144 heavy (non-hydrogen) atoms. The second kappa shape index (κ2) is 67.5. The van der Waals surface area contributed by atoms with Gasteiger partial charge in [-0.25, -0.2) is 0 Å². The van der Waals surface area contributed by atoms with Crippen LogP contribution in [0.4, 0.5) is 0 Å². The summed E-state index contributed by atoms with van der Waals surface area (Å²) in [6.45, 7) is 30.9. The fourth-order valence-electron chi connectivity index (χ4n) is 29.2. The molecule has 12 saturated carbocycles. The first kappa shape index (κ1) is 117. The van der Waals surface area contributed by atoms with Crippen molar-refractivity contribution in [2.24, 2.45) is 88.8 Å². The summed E-state index contributed by atoms with van der Waals surface area (Å²) < 4.78 is 42.4. The van der Waals surface area contributed by atoms with Crippen LogP contribution in [0.3, 0.4) is 0 Å². The monoisotopic (exact) mass is 1980 g/mol. The van der Waals surface area contributed by atoms with Crippen molar-refractivity contribution in [3.8, 4) is 11.5 Å². The van der Waals surface area contributed by atoms with Gasteiger partial charge in [0.25, 0.3) is 0 Å². The highest BCUT2D eigenvalue weighted by atomic mass is 16.5. The van der Waals surface area contributed by atoms with Crippen molar-refractivity contribution in [1.29, 1.82) is 0 Å². The van der Waals surface area contributed by atoms with E-state index < -0.39 is 0 Å². The lowest BCUT2D eigenvalue weighted by Crippen LogP contribution is -2.24. The average molecular weight is 1980 g/mol. The second-order valence-corrected chi connectivity index (χ2v) is 51.7. The minimum atomic E-state index is 0.461. The minimum absolute atomic E-state index is 0.461. The molecule has 0 amide bonds. The SMILES string of the molecule is CC1CCC(C=CC2CCC(CCCCc3ccc(OCCCOC4CCC(C)CC4)cc3)CC2)CC1.CC1CCC(c2ccc(C3CCC(C4CCC(C)CC4)CC3)cc2)CC1.CCC1CCC(c2c(C)cc(C3CCC(OCCCCOCCCCCCOC4CCC(C)CC4)CC3)cc2C)CC1.CCCCC1CCC(CCC2CCC(c3ccc(OCCCCCCOC4CCC(C)CC4)cc3)CC2)CC1. The van der Waals surface area contributed by atoms with Crippen LogP contribution in [0.15, 0.2) is 97.1 Å². The fraction of sp³-hybridized carbons (Fsp3) is 0.810. The Labute approximate surface area is 888 Å². The third kappa shape index (κ3) is 43.5. The van der Waals surface area contributed by atoms with Crippen molar-refractivity contribution in [2.45, 2.75) is 566 Å². The summed E-state index contributed by atoms with van der Waals surface area (Å²) in [6.07, 6.45) is 101. The zero-order chi connectivity index (χ0) is 100. The molecule has 0 saturated heterocycles. The number of unbranched alkanes of at least 4 members (excludes halogenated alkanes) is 9. The first-order valence-electron chi connectivity index (χ1n) is 63.9. The molecule has 12 aliphatic carbocycles. The lowest BCUT2D eigenvalue weighted by Gasteiger charge is -2.37. The molecule has 0 aliphatic heterocycles. The minimum Gasteiger partial charge on any atom is -0.494 e. The molecule has 0 radical (unpaired) electrons. The van der Waals surface area contributed by atoms with Gasteiger partial charge in [0.05, 0.1) is 44.2 Å². The van der Waals surface area contributed by atoms with Crippen LogP contribution in [0.2, 0.25) is 0 Å². The lowest BCUT2D eigenvalue weighted by atomic mass is 9.68. The molecule has 4 aromatic carbocycles. The number of hydrogen-bond donors (Lipinski definition) is 0. The fourth-order valence-corrected chi connectivity index (χ4v) is 29.2. The Morgan fingerprint density at radius 3 is 0.979 bits per heavy atom. The molecule has 16 rings (SSSR count). The van der Waals surface area contributed by atoms with Gasteiger partial charge in [0.1, 0.15) is 11.5 Å². The van der Waals surface area contributed by atoms with E-state index in [9.17, 15) is 0 Å². The van der Waals surface area contributed by atoms with Gasteiger partial charge in [-0.3, -0.25) is 0 Å². The van der Waals surface area contributed by atoms with E-state index in [2.05, 4.69) is 166 Å². The van der Waals surface area contributed by atoms with E-state index in [1.54, 1.807) is 38.9 Å². The van der Waals surface area contributed by atoms with Crippen LogP contribution in [0.25, 0.3) is 0 Å². The van der Waals surface area contributed by atoms with Crippen LogP contribution in [-0.2, 0) is 30.1 Å². The predicted molar refractivity (Wildman–Crippen MR) is 614 cm³/mol. The number of benzene rings is 4. The molecule has 0 unspecified atom stereocenters. The van der Waals surface area contributed by atoms with Gasteiger partial charge in [0.15, 0.2) is 0 Å². The molecular formula is C137H224O7. The molecule has 0 atom stereocenters. The zero-order valence-corrected chi connectivity index (χ0v) is 95.4. The lowest BCUT2D eigenvalue weighted by molar-refractivity contribution is 0.0146. The molecule has 7 heteroatoms. The third-order valence-electron chi connectivity index (χ3n) is 40.0. The Balaban J connectivity index is 0.000000163. The van der Waals surface area contributed by atoms with Gasteiger partial charge in [-0.15, -0.1) is 0 Å². The standard InChI is InChI=1S/C39H66O3.C37H62O2.C35H56O2.C26H40/c1-5-33-14-16-35(17-15-33)39-31(3)28-36(29-32(39)4)34-18-22-38(23-19-34)42-27-11-10-25-40-24-8-6-7-9-26-41-37-20-12-30(2)13-21-37;1-3-4-9-31-12-14-32(15-13-31)16-17-33-18-20-34(21-19-33)35-22-26-37(27-23-35)39-29-8-6-5-7-28-38-36-24-10-30(2)11-25-36;1-28-8-12-32(13-9-28)18-19-33-16-14-30(15-17-33)6-3-4-7-31-20-24-35(25-21-31)37-27-5-26-36-34-22-10-29(2)11-23-34;1-19-3-7-21(8-4-19)23-11-15-25(16-12-23)26-17-13-24(14-18-26)22-9-5-20(2)6-10-22/h28-30,33-35,37-38H,5-27H2,1-4H3;22-23,26-27,30-34,36H,3-21,24-25,28-29H2,1-2H3;18-21,24-25,28-30,32-34H,3-17,22-23,26-27H2,1-2H3;11-12,15-16,19-22,24,26H,3-10,13-14,17-18H2,1-2H3. The highest BCUT2D eigenvalue weighted by Gasteiger charge is 2.35. The third-order valence-corrected chi connectivity index (χ3v) is 40.0. The molecule has 0 N–H and O–H groups in total. The van der Waals surface area contributed by atoms with E-state index in [0.29, 0.717) is 30.3 Å². The van der Waals surface area contributed by atoms with Gasteiger partial charge < -0.3 is 33.2 Å². The summed E-state index contributed by atoms with van der Waals surface area (Å²) in [5.74, 6) is 20.5. The number of rotatable bonds is 49. The van der Waals surface area contributed by atoms with Gasteiger partial charge in [-0.05, 0) is 503 Å². The molecule has 12 aliphatic rings. The van der Waals surface area contributed by atoms with Crippen molar-refractivity contribution in [2.75, 3.05) is 52.9 Å². The van der Waals surface area contributed by atoms with E-state index in [1.165, 1.54) is 423 Å². The molecule has 0 heterocycles. The molecule has 0 bridgehead atoms. The van der Waals surface area contributed by atoms with Crippen molar-refractivity contribution in [1.82, 2.24) is 0 Å². The normalized spacial score (nSPS) is 31.4. The van der Waals surface area contributed by atoms with Crippen molar-refractivity contribution in [3.63, 3.8) is 0 Å². The smallest absolute Gasteiger partial charge is 0.119 e. The Morgan fingerprint density at radius 2 is 0.535 bits per heavy atom. The van der Waals surface area contributed by atoms with Gasteiger partial charge in [0, 0.05) is 39.5 Å². The summed E-state index contributed by atoms with van der Waals surface area (Å²) in [5.41, 5.74) is 12.6. The first-order chi connectivity index (χ1) is 70.5. The van der Waals surface area contributed by atoms with E-state index in [-0.39, 0.29) is 0 Å². The number of aryl methyl sites for hydroxylation is 3. The Morgan fingerprint density at radius 1 is 0.243 bits per heavy atom. The average Bonchev–Trinajstić information content (AvgIpc) is 0.810. The summed E-state index contributed by atoms with van der Waals surface area (Å²) >= 11 is 0. The molecular weight excluding hydrogens is 1760 g/mol. The Hall–Kier alpha value is -3.98. The number of ether oxygens (including phenoxy) is 7. The molecule has 0 aromatic heterocycles. The molecule has 4 aromatic rings. The maximum atomic E-state index is 6.30. The quantitative estimate of drug-likeness (QED) is 0.0322. The number of hydrogen-bond acceptors (Lipinski definition) is 7. The zero-order valence-electron chi connectivity index (χ0n) is 95.4. The van der Waals surface area contributed by atoms with Gasteiger partial charge in [-0.2, -0.15) is 0 Å². The molecule has 814 valence electrons. The van der Waals surface area contributed by atoms with Gasteiger partial charge in [-0.1, -0.05) is 263 Å². The van der Waals surface area contributed by atoms with Crippen LogP contribution in [0.1, 0.15) is 566 Å². The highest BCUT2D eigenvalue weighted by molar-refractivity contribution is 5.42. The predicted octanol–water partition coefficient (Wildman–Crippen LogP) is 40.3. The van der Waals surface area contributed by atoms with E-state index >= 15 is 0 Å². The summed E-state index contributed by atoms with van der Waals surface area (Å²) in [7, 11) is 0. The summed E-state index contributed by atoms with van der Waals surface area (Å²) in [4.78, 5) is 0. The molecule has 7 nitrogen and oxygen atoms in total. The highest BCUT2D eigenvalue weighted by Crippen LogP contribution is 2.49. The Kier molecular flexibility index (Phi) is 54.9. The van der Waals surface area contributed by atoms with E-state index in [1.807, 2.05) is 0 Å². The van der Waals surface area contributed by atoms with E-state index in [4.69, 9.17) is 33.2 Å². The first-order valence-corrected chi connectivity index (χ1v) is 63.9. The van der Waals surface area contributed by atoms with E-state index in [0.717, 1.165) is 202 Å². The number of allylic oxidation sites excluding steroid dienone is 2. The maximum Gasteiger partial charge on any atom is 0.119 e. The van der Waals surface area contributed by atoms with Crippen LogP contribution < -0.4 is 9.47 Å². The molecule has 12 fully saturated rings. The van der Waals surface area contributed by atoms with Crippen molar-refractivity contribution in [3.05, 3.63) is 142 Å². The van der Waals surface area contributed by atoms with Gasteiger partial charge >= 0.3 is 0 Å². The van der Waals surface area contributed by atoms with Crippen molar-refractivity contribution < 1.29 is 33.2 Å². The maximum absolute atomic E-state index is 6.30. The van der Waals surface area contributed by atoms with Crippen LogP contribution in [0.5, 0.6) is 11.5 Å². The Bertz CT molecular complexity index is 3860. The van der Waals surface area contributed by atoms with Crippen LogP contribution in [-0.4, -0.2) is 77.3 Å². The topological polar surface area (TPSA) is 64.6 Å². The van der Waals surface area contributed by atoms with Crippen LogP contribution in [0, 0.1) is 103 Å².